The zero-order valence-electron chi connectivity index (χ0n) is 9.41. The molecule has 0 N–H and O–H groups in total. The lowest BCUT2D eigenvalue weighted by atomic mass is 10.1. The molecule has 3 heteroatoms. The first-order valence-corrected chi connectivity index (χ1v) is 5.82. The number of rotatable bonds is 3. The van der Waals surface area contributed by atoms with Crippen molar-refractivity contribution in [2.24, 2.45) is 0 Å². The third-order valence-electron chi connectivity index (χ3n) is 2.42. The molecule has 0 amide bonds. The minimum absolute atomic E-state index is 0.211. The fraction of sp³-hybridized carbons (Fsp3) is 0.143. The molecule has 2 rings (SSSR count). The number of aryl methyl sites for hydroxylation is 1. The van der Waals surface area contributed by atoms with Crippen LogP contribution in [0.3, 0.4) is 0 Å². The molecule has 0 aliphatic heterocycles. The average molecular weight is 251 g/mol. The Morgan fingerprint density at radius 2 is 1.88 bits per heavy atom. The summed E-state index contributed by atoms with van der Waals surface area (Å²) in [6.07, 6.45) is 0. The van der Waals surface area contributed by atoms with Crippen LogP contribution >= 0.6 is 11.6 Å². The van der Waals surface area contributed by atoms with Crippen molar-refractivity contribution in [1.29, 1.82) is 0 Å². The molecule has 0 radical (unpaired) electrons. The molecule has 0 atom stereocenters. The molecule has 0 unspecified atom stereocenters. The second-order valence-electron chi connectivity index (χ2n) is 3.78. The summed E-state index contributed by atoms with van der Waals surface area (Å²) in [4.78, 5) is 0. The van der Waals surface area contributed by atoms with E-state index in [1.807, 2.05) is 19.1 Å². The molecule has 0 heterocycles. The SMILES string of the molecule is Cc1ccc(Oc2ccccc2F)c(CCl)c1. The Bertz CT molecular complexity index is 525. The molecule has 0 fully saturated rings. The molecule has 1 nitrogen and oxygen atoms in total. The van der Waals surface area contributed by atoms with Crippen LogP contribution in [-0.2, 0) is 5.88 Å². The fourth-order valence-corrected chi connectivity index (χ4v) is 1.77. The number of hydrogen-bond donors (Lipinski definition) is 0. The number of hydrogen-bond acceptors (Lipinski definition) is 1. The van der Waals surface area contributed by atoms with E-state index in [9.17, 15) is 4.39 Å². The predicted octanol–water partition coefficient (Wildman–Crippen LogP) is 4.67. The third kappa shape index (κ3) is 2.77. The highest BCUT2D eigenvalue weighted by molar-refractivity contribution is 6.17. The van der Waals surface area contributed by atoms with Crippen LogP contribution in [0, 0.1) is 12.7 Å². The number of halogens is 2. The van der Waals surface area contributed by atoms with Crippen LogP contribution < -0.4 is 4.74 Å². The van der Waals surface area contributed by atoms with Crippen molar-refractivity contribution in [3.63, 3.8) is 0 Å². The lowest BCUT2D eigenvalue weighted by Crippen LogP contribution is -1.92. The van der Waals surface area contributed by atoms with Crippen molar-refractivity contribution in [1.82, 2.24) is 0 Å². The van der Waals surface area contributed by atoms with Gasteiger partial charge in [-0.2, -0.15) is 0 Å². The Morgan fingerprint density at radius 1 is 1.12 bits per heavy atom. The van der Waals surface area contributed by atoms with Gasteiger partial charge in [-0.15, -0.1) is 11.6 Å². The van der Waals surface area contributed by atoms with Crippen LogP contribution in [-0.4, -0.2) is 0 Å². The molecule has 0 spiro atoms. The summed E-state index contributed by atoms with van der Waals surface area (Å²) in [6.45, 7) is 1.98. The van der Waals surface area contributed by atoms with Crippen molar-refractivity contribution < 1.29 is 9.13 Å². The Morgan fingerprint density at radius 3 is 2.59 bits per heavy atom. The summed E-state index contributed by atoms with van der Waals surface area (Å²) < 4.78 is 19.0. The Kier molecular flexibility index (Phi) is 3.64. The number of ether oxygens (including phenoxy) is 1. The van der Waals surface area contributed by atoms with Gasteiger partial charge in [0.15, 0.2) is 11.6 Å². The highest BCUT2D eigenvalue weighted by atomic mass is 35.5. The topological polar surface area (TPSA) is 9.23 Å². The summed E-state index contributed by atoms with van der Waals surface area (Å²) in [5.74, 6) is 0.762. The summed E-state index contributed by atoms with van der Waals surface area (Å²) in [6, 6.07) is 12.0. The first kappa shape index (κ1) is 11.9. The Labute approximate surface area is 105 Å². The van der Waals surface area contributed by atoms with E-state index < -0.39 is 0 Å². The molecule has 0 aliphatic carbocycles. The monoisotopic (exact) mass is 250 g/mol. The molecule has 0 aliphatic rings. The molecule has 0 aromatic heterocycles. The molecule has 0 saturated carbocycles. The van der Waals surface area contributed by atoms with Gasteiger partial charge in [-0.3, -0.25) is 0 Å². The van der Waals surface area contributed by atoms with Gasteiger partial charge in [-0.25, -0.2) is 4.39 Å². The highest BCUT2D eigenvalue weighted by Crippen LogP contribution is 2.28. The van der Waals surface area contributed by atoms with E-state index in [0.29, 0.717) is 11.6 Å². The molecular formula is C14H12ClFO. The highest BCUT2D eigenvalue weighted by Gasteiger charge is 2.07. The van der Waals surface area contributed by atoms with Gasteiger partial charge in [0.1, 0.15) is 5.75 Å². The molecule has 2 aromatic rings. The van der Waals surface area contributed by atoms with Gasteiger partial charge in [0.25, 0.3) is 0 Å². The second kappa shape index (κ2) is 5.19. The first-order valence-electron chi connectivity index (χ1n) is 5.28. The lowest BCUT2D eigenvalue weighted by molar-refractivity contribution is 0.439. The average Bonchev–Trinajstić information content (AvgIpc) is 2.34. The maximum Gasteiger partial charge on any atom is 0.165 e. The van der Waals surface area contributed by atoms with E-state index in [2.05, 4.69) is 0 Å². The van der Waals surface area contributed by atoms with E-state index in [-0.39, 0.29) is 11.6 Å². The summed E-state index contributed by atoms with van der Waals surface area (Å²) in [5.41, 5.74) is 1.96. The number of alkyl halides is 1. The van der Waals surface area contributed by atoms with Crippen molar-refractivity contribution in [3.05, 3.63) is 59.4 Å². The lowest BCUT2D eigenvalue weighted by Gasteiger charge is -2.10. The number of benzene rings is 2. The van der Waals surface area contributed by atoms with Gasteiger partial charge in [0.2, 0.25) is 0 Å². The summed E-state index contributed by atoms with van der Waals surface area (Å²) in [7, 11) is 0. The molecule has 0 bridgehead atoms. The molecule has 17 heavy (non-hydrogen) atoms. The van der Waals surface area contributed by atoms with Crippen LogP contribution in [0.15, 0.2) is 42.5 Å². The van der Waals surface area contributed by atoms with E-state index in [1.165, 1.54) is 6.07 Å². The van der Waals surface area contributed by atoms with Crippen LogP contribution in [0.4, 0.5) is 4.39 Å². The smallest absolute Gasteiger partial charge is 0.165 e. The Balaban J connectivity index is 2.33. The van der Waals surface area contributed by atoms with Gasteiger partial charge >= 0.3 is 0 Å². The van der Waals surface area contributed by atoms with Gasteiger partial charge in [0, 0.05) is 5.56 Å². The van der Waals surface area contributed by atoms with E-state index >= 15 is 0 Å². The van der Waals surface area contributed by atoms with Gasteiger partial charge in [-0.05, 0) is 25.1 Å². The minimum atomic E-state index is -0.381. The zero-order chi connectivity index (χ0) is 12.3. The minimum Gasteiger partial charge on any atom is -0.454 e. The fourth-order valence-electron chi connectivity index (χ4n) is 1.56. The van der Waals surface area contributed by atoms with Crippen LogP contribution in [0.5, 0.6) is 11.5 Å². The standard InChI is InChI=1S/C14H12ClFO/c1-10-6-7-13(11(8-10)9-15)17-14-5-3-2-4-12(14)16/h2-8H,9H2,1H3. The largest absolute Gasteiger partial charge is 0.454 e. The second-order valence-corrected chi connectivity index (χ2v) is 4.04. The quantitative estimate of drug-likeness (QED) is 0.720. The normalized spacial score (nSPS) is 10.3. The first-order chi connectivity index (χ1) is 8.20. The van der Waals surface area contributed by atoms with Crippen molar-refractivity contribution in [3.8, 4) is 11.5 Å². The van der Waals surface area contributed by atoms with Crippen molar-refractivity contribution >= 4 is 11.6 Å². The van der Waals surface area contributed by atoms with Gasteiger partial charge in [-0.1, -0.05) is 29.8 Å². The van der Waals surface area contributed by atoms with Crippen molar-refractivity contribution in [2.75, 3.05) is 0 Å². The molecular weight excluding hydrogens is 239 g/mol. The van der Waals surface area contributed by atoms with Crippen molar-refractivity contribution in [2.45, 2.75) is 12.8 Å². The maximum absolute atomic E-state index is 13.4. The predicted molar refractivity (Wildman–Crippen MR) is 67.2 cm³/mol. The Hall–Kier alpha value is -1.54. The third-order valence-corrected chi connectivity index (χ3v) is 2.70. The molecule has 88 valence electrons. The van der Waals surface area contributed by atoms with E-state index in [0.717, 1.165) is 11.1 Å². The zero-order valence-corrected chi connectivity index (χ0v) is 10.2. The number of para-hydroxylation sites is 1. The maximum atomic E-state index is 13.4. The van der Waals surface area contributed by atoms with Crippen LogP contribution in [0.2, 0.25) is 0 Å². The summed E-state index contributed by atoms with van der Waals surface area (Å²) in [5, 5.41) is 0. The van der Waals surface area contributed by atoms with E-state index in [4.69, 9.17) is 16.3 Å². The van der Waals surface area contributed by atoms with E-state index in [1.54, 1.807) is 24.3 Å². The molecule has 0 saturated heterocycles. The van der Waals surface area contributed by atoms with Crippen LogP contribution in [0.1, 0.15) is 11.1 Å². The molecule has 2 aromatic carbocycles. The van der Waals surface area contributed by atoms with Gasteiger partial charge < -0.3 is 4.74 Å². The van der Waals surface area contributed by atoms with Gasteiger partial charge in [0.05, 0.1) is 5.88 Å². The summed E-state index contributed by atoms with van der Waals surface area (Å²) >= 11 is 5.84. The van der Waals surface area contributed by atoms with Crippen LogP contribution in [0.25, 0.3) is 0 Å².